The van der Waals surface area contributed by atoms with E-state index in [-0.39, 0.29) is 17.6 Å². The maximum atomic E-state index is 12.1. The van der Waals surface area contributed by atoms with E-state index in [1.807, 2.05) is 20.8 Å². The van der Waals surface area contributed by atoms with Gasteiger partial charge in [-0.2, -0.15) is 0 Å². The SMILES string of the molecule is CC(C)(C)OC(=O)C1CCCN1C1CCNC1. The number of hydrogen-bond donors (Lipinski definition) is 1. The van der Waals surface area contributed by atoms with Crippen LogP contribution in [0.4, 0.5) is 0 Å². The van der Waals surface area contributed by atoms with Gasteiger partial charge in [-0.3, -0.25) is 9.69 Å². The minimum Gasteiger partial charge on any atom is -0.459 e. The monoisotopic (exact) mass is 240 g/mol. The van der Waals surface area contributed by atoms with Crippen molar-refractivity contribution in [1.82, 2.24) is 10.2 Å². The van der Waals surface area contributed by atoms with Crippen molar-refractivity contribution in [2.24, 2.45) is 0 Å². The van der Waals surface area contributed by atoms with Crippen molar-refractivity contribution in [3.63, 3.8) is 0 Å². The third kappa shape index (κ3) is 3.19. The smallest absolute Gasteiger partial charge is 0.323 e. The Morgan fingerprint density at radius 1 is 1.35 bits per heavy atom. The molecule has 0 aromatic carbocycles. The van der Waals surface area contributed by atoms with Crippen LogP contribution < -0.4 is 5.32 Å². The molecule has 0 bridgehead atoms. The molecule has 2 aliphatic heterocycles. The summed E-state index contributed by atoms with van der Waals surface area (Å²) in [6.07, 6.45) is 3.21. The van der Waals surface area contributed by atoms with E-state index in [0.717, 1.165) is 38.9 Å². The quantitative estimate of drug-likeness (QED) is 0.735. The lowest BCUT2D eigenvalue weighted by Crippen LogP contribution is -2.46. The topological polar surface area (TPSA) is 41.6 Å². The Kier molecular flexibility index (Phi) is 3.73. The summed E-state index contributed by atoms with van der Waals surface area (Å²) in [5.74, 6) is -0.0399. The standard InChI is InChI=1S/C13H24N2O2/c1-13(2,3)17-12(16)11-5-4-8-15(11)10-6-7-14-9-10/h10-11,14H,4-9H2,1-3H3. The van der Waals surface area contributed by atoms with Gasteiger partial charge in [0.05, 0.1) is 0 Å². The first-order valence-corrected chi connectivity index (χ1v) is 6.67. The first kappa shape index (κ1) is 12.8. The van der Waals surface area contributed by atoms with Gasteiger partial charge >= 0.3 is 5.97 Å². The summed E-state index contributed by atoms with van der Waals surface area (Å²) in [7, 11) is 0. The van der Waals surface area contributed by atoms with Gasteiger partial charge in [-0.05, 0) is 53.1 Å². The molecule has 0 radical (unpaired) electrons. The van der Waals surface area contributed by atoms with Gasteiger partial charge in [0.1, 0.15) is 11.6 Å². The molecule has 1 N–H and O–H groups in total. The number of nitrogens with one attached hydrogen (secondary N) is 1. The molecule has 2 fully saturated rings. The van der Waals surface area contributed by atoms with Crippen LogP contribution in [0.1, 0.15) is 40.0 Å². The van der Waals surface area contributed by atoms with Gasteiger partial charge in [0.15, 0.2) is 0 Å². The Hall–Kier alpha value is -0.610. The summed E-state index contributed by atoms with van der Waals surface area (Å²) in [4.78, 5) is 14.5. The average Bonchev–Trinajstić information content (AvgIpc) is 2.85. The molecule has 17 heavy (non-hydrogen) atoms. The highest BCUT2D eigenvalue weighted by molar-refractivity contribution is 5.76. The number of carbonyl (C=O) groups excluding carboxylic acids is 1. The summed E-state index contributed by atoms with van der Waals surface area (Å²) >= 11 is 0. The third-order valence-corrected chi connectivity index (χ3v) is 3.48. The van der Waals surface area contributed by atoms with Gasteiger partial charge < -0.3 is 10.1 Å². The minimum atomic E-state index is -0.376. The zero-order valence-corrected chi connectivity index (χ0v) is 11.2. The summed E-state index contributed by atoms with van der Waals surface area (Å²) < 4.78 is 5.51. The van der Waals surface area contributed by atoms with E-state index >= 15 is 0 Å². The Balaban J connectivity index is 1.96. The van der Waals surface area contributed by atoms with E-state index in [9.17, 15) is 4.79 Å². The molecule has 2 aliphatic rings. The van der Waals surface area contributed by atoms with Gasteiger partial charge in [0.2, 0.25) is 0 Å². The first-order chi connectivity index (χ1) is 7.97. The molecule has 2 atom stereocenters. The third-order valence-electron chi connectivity index (χ3n) is 3.48. The normalized spacial score (nSPS) is 30.8. The highest BCUT2D eigenvalue weighted by Gasteiger charge is 2.38. The fraction of sp³-hybridized carbons (Fsp3) is 0.923. The van der Waals surface area contributed by atoms with Crippen molar-refractivity contribution in [2.45, 2.75) is 57.7 Å². The van der Waals surface area contributed by atoms with Crippen LogP contribution >= 0.6 is 0 Å². The van der Waals surface area contributed by atoms with E-state index in [4.69, 9.17) is 4.74 Å². The fourth-order valence-corrected chi connectivity index (χ4v) is 2.77. The Bertz CT molecular complexity index is 280. The van der Waals surface area contributed by atoms with E-state index in [1.165, 1.54) is 0 Å². The number of ether oxygens (including phenoxy) is 1. The van der Waals surface area contributed by atoms with Crippen LogP contribution in [0.15, 0.2) is 0 Å². The summed E-state index contributed by atoms with van der Waals surface area (Å²) in [6, 6.07) is 0.508. The number of likely N-dealkylation sites (tertiary alicyclic amines) is 1. The molecule has 0 amide bonds. The van der Waals surface area contributed by atoms with Gasteiger partial charge in [0.25, 0.3) is 0 Å². The van der Waals surface area contributed by atoms with Crippen molar-refractivity contribution in [3.05, 3.63) is 0 Å². The summed E-state index contributed by atoms with van der Waals surface area (Å²) in [6.45, 7) is 8.92. The van der Waals surface area contributed by atoms with Crippen molar-refractivity contribution in [2.75, 3.05) is 19.6 Å². The van der Waals surface area contributed by atoms with Crippen molar-refractivity contribution in [1.29, 1.82) is 0 Å². The second kappa shape index (κ2) is 4.94. The zero-order valence-electron chi connectivity index (χ0n) is 11.2. The van der Waals surface area contributed by atoms with E-state index in [2.05, 4.69) is 10.2 Å². The Labute approximate surface area is 104 Å². The van der Waals surface area contributed by atoms with Crippen LogP contribution in [0.3, 0.4) is 0 Å². The molecule has 0 spiro atoms. The lowest BCUT2D eigenvalue weighted by atomic mass is 10.1. The summed E-state index contributed by atoms with van der Waals surface area (Å²) in [5.41, 5.74) is -0.376. The molecule has 0 aromatic heterocycles. The molecule has 98 valence electrons. The van der Waals surface area contributed by atoms with Gasteiger partial charge in [-0.1, -0.05) is 0 Å². The maximum Gasteiger partial charge on any atom is 0.323 e. The van der Waals surface area contributed by atoms with Crippen molar-refractivity contribution < 1.29 is 9.53 Å². The van der Waals surface area contributed by atoms with Crippen LogP contribution in [0.2, 0.25) is 0 Å². The number of esters is 1. The molecule has 2 heterocycles. The molecule has 0 aromatic rings. The molecule has 4 nitrogen and oxygen atoms in total. The van der Waals surface area contributed by atoms with E-state index < -0.39 is 0 Å². The molecule has 0 aliphatic carbocycles. The largest absolute Gasteiger partial charge is 0.459 e. The number of carbonyl (C=O) groups is 1. The first-order valence-electron chi connectivity index (χ1n) is 6.67. The highest BCUT2D eigenvalue weighted by atomic mass is 16.6. The van der Waals surface area contributed by atoms with Crippen LogP contribution in [-0.2, 0) is 9.53 Å². The Morgan fingerprint density at radius 3 is 2.71 bits per heavy atom. The van der Waals surface area contributed by atoms with Gasteiger partial charge in [0, 0.05) is 12.6 Å². The van der Waals surface area contributed by atoms with Crippen LogP contribution in [0, 0.1) is 0 Å². The molecule has 2 rings (SSSR count). The number of hydrogen-bond acceptors (Lipinski definition) is 4. The number of rotatable bonds is 2. The second-order valence-corrected chi connectivity index (χ2v) is 6.08. The minimum absolute atomic E-state index is 0.0147. The van der Waals surface area contributed by atoms with Crippen LogP contribution in [0.5, 0.6) is 0 Å². The maximum absolute atomic E-state index is 12.1. The van der Waals surface area contributed by atoms with Gasteiger partial charge in [-0.15, -0.1) is 0 Å². The van der Waals surface area contributed by atoms with Crippen LogP contribution in [-0.4, -0.2) is 48.2 Å². The lowest BCUT2D eigenvalue weighted by molar-refractivity contribution is -0.161. The zero-order chi connectivity index (χ0) is 12.5. The number of nitrogens with zero attached hydrogens (tertiary/aromatic N) is 1. The second-order valence-electron chi connectivity index (χ2n) is 6.08. The Morgan fingerprint density at radius 2 is 2.12 bits per heavy atom. The van der Waals surface area contributed by atoms with E-state index in [1.54, 1.807) is 0 Å². The predicted molar refractivity (Wildman–Crippen MR) is 66.8 cm³/mol. The molecule has 2 unspecified atom stereocenters. The van der Waals surface area contributed by atoms with Gasteiger partial charge in [-0.25, -0.2) is 0 Å². The van der Waals surface area contributed by atoms with Crippen molar-refractivity contribution >= 4 is 5.97 Å². The highest BCUT2D eigenvalue weighted by Crippen LogP contribution is 2.25. The fourth-order valence-electron chi connectivity index (χ4n) is 2.77. The molecule has 4 heteroatoms. The molecule has 0 saturated carbocycles. The molecular formula is C13H24N2O2. The van der Waals surface area contributed by atoms with Crippen molar-refractivity contribution in [3.8, 4) is 0 Å². The molecule has 2 saturated heterocycles. The summed E-state index contributed by atoms with van der Waals surface area (Å²) in [5, 5.41) is 3.36. The molecular weight excluding hydrogens is 216 g/mol. The predicted octanol–water partition coefficient (Wildman–Crippen LogP) is 1.15. The lowest BCUT2D eigenvalue weighted by Gasteiger charge is -2.30. The average molecular weight is 240 g/mol. The van der Waals surface area contributed by atoms with Crippen LogP contribution in [0.25, 0.3) is 0 Å². The van der Waals surface area contributed by atoms with E-state index in [0.29, 0.717) is 6.04 Å².